The van der Waals surface area contributed by atoms with E-state index in [0.29, 0.717) is 38.6 Å². The van der Waals surface area contributed by atoms with Crippen LogP contribution in [0.25, 0.3) is 0 Å². The van der Waals surface area contributed by atoms with Gasteiger partial charge in [-0.15, -0.1) is 0 Å². The van der Waals surface area contributed by atoms with Crippen LogP contribution in [-0.4, -0.2) is 70.8 Å². The van der Waals surface area contributed by atoms with Gasteiger partial charge in [0.25, 0.3) is 0 Å². The zero-order chi connectivity index (χ0) is 23.6. The Hall–Kier alpha value is -1.67. The summed E-state index contributed by atoms with van der Waals surface area (Å²) in [6.07, 6.45) is 9.33. The molecule has 4 aliphatic rings. The lowest BCUT2D eigenvalue weighted by Gasteiger charge is -2.35. The Morgan fingerprint density at radius 2 is 1.91 bits per heavy atom. The quantitative estimate of drug-likeness (QED) is 0.380. The number of rotatable bonds is 10. The fourth-order valence-electron chi connectivity index (χ4n) is 6.95. The van der Waals surface area contributed by atoms with Gasteiger partial charge in [0.05, 0.1) is 18.1 Å². The molecule has 3 aliphatic heterocycles. The SMILES string of the molecule is CCOC(=O)[C@@H]1[C@H]2C(=O)N(CCCCCO)C(C(=O)NC3CCCCC3)C23CC[C@@]1(CC)O3. The highest BCUT2D eigenvalue weighted by atomic mass is 16.6. The number of carbonyl (C=O) groups excluding carboxylic acids is 3. The molecule has 8 nitrogen and oxygen atoms in total. The van der Waals surface area contributed by atoms with Gasteiger partial charge < -0.3 is 24.8 Å². The standard InChI is InChI=1S/C25H40N2O6/c1-3-24-13-14-25(33-24)18(19(24)23(31)32-4-2)22(30)27(15-9-6-10-16-28)20(25)21(29)26-17-11-7-5-8-12-17/h17-20,28H,3-16H2,1-2H3,(H,26,29)/t18-,19-,20?,24+,25?/m0/s1. The van der Waals surface area contributed by atoms with Gasteiger partial charge in [0.1, 0.15) is 17.6 Å². The van der Waals surface area contributed by atoms with E-state index in [9.17, 15) is 14.4 Å². The third-order valence-corrected chi connectivity index (χ3v) is 8.48. The van der Waals surface area contributed by atoms with Crippen LogP contribution < -0.4 is 5.32 Å². The molecule has 1 spiro atoms. The van der Waals surface area contributed by atoms with Crippen molar-refractivity contribution in [2.45, 2.75) is 108 Å². The highest BCUT2D eigenvalue weighted by molar-refractivity contribution is 5.98. The number of aliphatic hydroxyl groups excluding tert-OH is 1. The summed E-state index contributed by atoms with van der Waals surface area (Å²) < 4.78 is 12.1. The molecule has 2 N–H and O–H groups in total. The van der Waals surface area contributed by atoms with E-state index in [4.69, 9.17) is 14.6 Å². The zero-order valence-electron chi connectivity index (χ0n) is 20.1. The number of fused-ring (bicyclic) bond motifs is 1. The summed E-state index contributed by atoms with van der Waals surface area (Å²) in [5, 5.41) is 12.4. The number of ether oxygens (including phenoxy) is 2. The first-order valence-electron chi connectivity index (χ1n) is 13.0. The van der Waals surface area contributed by atoms with Crippen molar-refractivity contribution in [2.75, 3.05) is 19.8 Å². The molecular formula is C25H40N2O6. The number of esters is 1. The first-order chi connectivity index (χ1) is 15.9. The van der Waals surface area contributed by atoms with Crippen LogP contribution in [0.3, 0.4) is 0 Å². The first-order valence-corrected chi connectivity index (χ1v) is 13.0. The summed E-state index contributed by atoms with van der Waals surface area (Å²) in [6, 6.07) is -0.591. The summed E-state index contributed by atoms with van der Waals surface area (Å²) in [5.74, 6) is -2.03. The molecule has 186 valence electrons. The smallest absolute Gasteiger partial charge is 0.312 e. The predicted octanol–water partition coefficient (Wildman–Crippen LogP) is 2.32. The lowest BCUT2D eigenvalue weighted by Crippen LogP contribution is -2.57. The molecule has 0 aromatic rings. The van der Waals surface area contributed by atoms with Crippen LogP contribution in [0.2, 0.25) is 0 Å². The minimum Gasteiger partial charge on any atom is -0.466 e. The molecule has 3 saturated heterocycles. The summed E-state index contributed by atoms with van der Waals surface area (Å²) in [5.41, 5.74) is -1.71. The van der Waals surface area contributed by atoms with Crippen LogP contribution in [0.15, 0.2) is 0 Å². The van der Waals surface area contributed by atoms with Crippen molar-refractivity contribution < 1.29 is 29.0 Å². The van der Waals surface area contributed by atoms with E-state index >= 15 is 0 Å². The van der Waals surface area contributed by atoms with Gasteiger partial charge in [-0.25, -0.2) is 0 Å². The number of nitrogens with one attached hydrogen (secondary N) is 1. The van der Waals surface area contributed by atoms with Crippen LogP contribution in [0.5, 0.6) is 0 Å². The minimum atomic E-state index is -0.972. The molecular weight excluding hydrogens is 424 g/mol. The Kier molecular flexibility index (Phi) is 7.34. The molecule has 4 fully saturated rings. The Morgan fingerprint density at radius 3 is 2.58 bits per heavy atom. The lowest BCUT2D eigenvalue weighted by molar-refractivity contribution is -0.160. The molecule has 2 bridgehead atoms. The van der Waals surface area contributed by atoms with Gasteiger partial charge in [-0.2, -0.15) is 0 Å². The van der Waals surface area contributed by atoms with Crippen LogP contribution in [0, 0.1) is 11.8 Å². The average molecular weight is 465 g/mol. The maximum atomic E-state index is 13.8. The average Bonchev–Trinajstić information content (AvgIpc) is 3.41. The number of aliphatic hydroxyl groups is 1. The van der Waals surface area contributed by atoms with Crippen molar-refractivity contribution in [3.63, 3.8) is 0 Å². The number of amides is 2. The number of unbranched alkanes of at least 4 members (excludes halogenated alkanes) is 2. The van der Waals surface area contributed by atoms with Crippen LogP contribution in [0.1, 0.15) is 84.5 Å². The number of nitrogens with zero attached hydrogens (tertiary/aromatic N) is 1. The highest BCUT2D eigenvalue weighted by Gasteiger charge is 2.78. The van der Waals surface area contributed by atoms with E-state index in [2.05, 4.69) is 5.32 Å². The number of likely N-dealkylation sites (tertiary alicyclic amines) is 1. The van der Waals surface area contributed by atoms with Gasteiger partial charge in [-0.3, -0.25) is 14.4 Å². The molecule has 0 radical (unpaired) electrons. The number of carbonyl (C=O) groups is 3. The number of hydrogen-bond donors (Lipinski definition) is 2. The van der Waals surface area contributed by atoms with E-state index in [1.54, 1.807) is 11.8 Å². The summed E-state index contributed by atoms with van der Waals surface area (Å²) in [7, 11) is 0. The summed E-state index contributed by atoms with van der Waals surface area (Å²) in [6.45, 7) is 4.54. The van der Waals surface area contributed by atoms with Crippen molar-refractivity contribution in [3.05, 3.63) is 0 Å². The predicted molar refractivity (Wildman–Crippen MR) is 121 cm³/mol. The third-order valence-electron chi connectivity index (χ3n) is 8.48. The van der Waals surface area contributed by atoms with Crippen molar-refractivity contribution in [2.24, 2.45) is 11.8 Å². The van der Waals surface area contributed by atoms with Gasteiger partial charge in [0.15, 0.2) is 0 Å². The van der Waals surface area contributed by atoms with E-state index < -0.39 is 29.1 Å². The second-order valence-corrected chi connectivity index (χ2v) is 10.2. The summed E-state index contributed by atoms with van der Waals surface area (Å²) >= 11 is 0. The summed E-state index contributed by atoms with van der Waals surface area (Å²) in [4.78, 5) is 42.3. The topological polar surface area (TPSA) is 105 Å². The van der Waals surface area contributed by atoms with Crippen molar-refractivity contribution in [1.82, 2.24) is 10.2 Å². The second kappa shape index (κ2) is 9.90. The van der Waals surface area contributed by atoms with Gasteiger partial charge in [-0.1, -0.05) is 26.2 Å². The molecule has 4 rings (SSSR count). The zero-order valence-corrected chi connectivity index (χ0v) is 20.1. The maximum absolute atomic E-state index is 13.8. The molecule has 0 aromatic heterocycles. The molecule has 2 amide bonds. The molecule has 33 heavy (non-hydrogen) atoms. The minimum absolute atomic E-state index is 0.110. The molecule has 8 heteroatoms. The molecule has 0 aromatic carbocycles. The van der Waals surface area contributed by atoms with Crippen LogP contribution in [0.4, 0.5) is 0 Å². The largest absolute Gasteiger partial charge is 0.466 e. The van der Waals surface area contributed by atoms with Crippen LogP contribution >= 0.6 is 0 Å². The number of hydrogen-bond acceptors (Lipinski definition) is 6. The second-order valence-electron chi connectivity index (χ2n) is 10.2. The fourth-order valence-corrected chi connectivity index (χ4v) is 6.95. The third kappa shape index (κ3) is 4.07. The first kappa shape index (κ1) is 24.5. The maximum Gasteiger partial charge on any atom is 0.312 e. The van der Waals surface area contributed by atoms with Gasteiger partial charge >= 0.3 is 5.97 Å². The van der Waals surface area contributed by atoms with E-state index in [0.717, 1.165) is 32.1 Å². The molecule has 1 saturated carbocycles. The van der Waals surface area contributed by atoms with Crippen molar-refractivity contribution in [3.8, 4) is 0 Å². The molecule has 1 aliphatic carbocycles. The normalized spacial score (nSPS) is 35.7. The lowest BCUT2D eigenvalue weighted by atomic mass is 9.65. The Morgan fingerprint density at radius 1 is 1.15 bits per heavy atom. The van der Waals surface area contributed by atoms with Gasteiger partial charge in [-0.05, 0) is 58.3 Å². The Bertz CT molecular complexity index is 753. The molecule has 3 heterocycles. The van der Waals surface area contributed by atoms with Crippen molar-refractivity contribution >= 4 is 17.8 Å². The molecule has 5 atom stereocenters. The van der Waals surface area contributed by atoms with Gasteiger partial charge in [0, 0.05) is 19.2 Å². The fraction of sp³-hybridized carbons (Fsp3) is 0.880. The monoisotopic (exact) mass is 464 g/mol. The Balaban J connectivity index is 1.65. The van der Waals surface area contributed by atoms with E-state index in [1.807, 2.05) is 6.92 Å². The van der Waals surface area contributed by atoms with E-state index in [-0.39, 0.29) is 37.0 Å². The van der Waals surface area contributed by atoms with Crippen LogP contribution in [-0.2, 0) is 23.9 Å². The van der Waals surface area contributed by atoms with Crippen molar-refractivity contribution in [1.29, 1.82) is 0 Å². The molecule has 2 unspecified atom stereocenters. The van der Waals surface area contributed by atoms with Gasteiger partial charge in [0.2, 0.25) is 11.8 Å². The Labute approximate surface area is 196 Å². The highest BCUT2D eigenvalue weighted by Crippen LogP contribution is 2.64. The van der Waals surface area contributed by atoms with E-state index in [1.165, 1.54) is 6.42 Å².